The number of aromatic nitrogens is 2. The lowest BCUT2D eigenvalue weighted by Crippen LogP contribution is -2.56. The number of rotatable bonds is 6. The van der Waals surface area contributed by atoms with E-state index < -0.39 is 0 Å². The van der Waals surface area contributed by atoms with E-state index in [1.54, 1.807) is 7.11 Å². The van der Waals surface area contributed by atoms with Crippen LogP contribution < -0.4 is 5.32 Å². The third-order valence-electron chi connectivity index (χ3n) is 3.37. The summed E-state index contributed by atoms with van der Waals surface area (Å²) in [6.07, 6.45) is 3.30. The van der Waals surface area contributed by atoms with Crippen molar-refractivity contribution in [1.82, 2.24) is 9.78 Å². The molecule has 1 aromatic rings. The van der Waals surface area contributed by atoms with Crippen LogP contribution in [0.3, 0.4) is 0 Å². The minimum atomic E-state index is 0.120. The van der Waals surface area contributed by atoms with Crippen LogP contribution >= 0.6 is 0 Å². The molecule has 0 amide bonds. The van der Waals surface area contributed by atoms with Gasteiger partial charge >= 0.3 is 0 Å². The molecule has 1 heterocycles. The number of nitrogens with zero attached hydrogens (tertiary/aromatic N) is 2. The number of nitrogens with one attached hydrogen (secondary N) is 1. The van der Waals surface area contributed by atoms with Crippen molar-refractivity contribution < 1.29 is 9.47 Å². The lowest BCUT2D eigenvalue weighted by molar-refractivity contribution is -0.118. The van der Waals surface area contributed by atoms with Gasteiger partial charge in [-0.05, 0) is 27.2 Å². The summed E-state index contributed by atoms with van der Waals surface area (Å²) in [7, 11) is 1.73. The number of hydrogen-bond donors (Lipinski definition) is 1. The predicted octanol–water partition coefficient (Wildman–Crippen LogP) is 2.07. The van der Waals surface area contributed by atoms with Gasteiger partial charge in [-0.1, -0.05) is 0 Å². The number of methoxy groups -OCH3 is 1. The van der Waals surface area contributed by atoms with Crippen molar-refractivity contribution >= 4 is 5.82 Å². The highest BCUT2D eigenvalue weighted by Crippen LogP contribution is 2.29. The molecular formula is C13H23N3O2. The van der Waals surface area contributed by atoms with Crippen molar-refractivity contribution in [2.24, 2.45) is 0 Å². The third kappa shape index (κ3) is 2.67. The molecule has 102 valence electrons. The maximum Gasteiger partial charge on any atom is 0.148 e. The Kier molecular flexibility index (Phi) is 4.24. The molecule has 5 heteroatoms. The van der Waals surface area contributed by atoms with E-state index in [0.717, 1.165) is 18.8 Å². The lowest BCUT2D eigenvalue weighted by Gasteiger charge is -2.43. The molecule has 1 fully saturated rings. The molecule has 0 saturated heterocycles. The molecular weight excluding hydrogens is 230 g/mol. The molecule has 3 unspecified atom stereocenters. The first-order chi connectivity index (χ1) is 8.65. The zero-order valence-electron chi connectivity index (χ0n) is 11.6. The predicted molar refractivity (Wildman–Crippen MR) is 70.9 cm³/mol. The average molecular weight is 253 g/mol. The zero-order chi connectivity index (χ0) is 13.1. The SMILES string of the molecule is CCOC1CC(Nc2ccn(C(C)C)n2)C1OC. The van der Waals surface area contributed by atoms with Crippen LogP contribution in [0.4, 0.5) is 5.82 Å². The van der Waals surface area contributed by atoms with Gasteiger partial charge in [0.2, 0.25) is 0 Å². The van der Waals surface area contributed by atoms with Crippen LogP contribution in [0, 0.1) is 0 Å². The van der Waals surface area contributed by atoms with Gasteiger partial charge in [0.25, 0.3) is 0 Å². The van der Waals surface area contributed by atoms with Crippen LogP contribution in [0.25, 0.3) is 0 Å². The highest BCUT2D eigenvalue weighted by atomic mass is 16.5. The highest BCUT2D eigenvalue weighted by Gasteiger charge is 2.42. The Bertz CT molecular complexity index is 378. The summed E-state index contributed by atoms with van der Waals surface area (Å²) in [5.74, 6) is 0.908. The van der Waals surface area contributed by atoms with Crippen molar-refractivity contribution in [2.75, 3.05) is 19.0 Å². The fourth-order valence-electron chi connectivity index (χ4n) is 2.31. The van der Waals surface area contributed by atoms with E-state index in [9.17, 15) is 0 Å². The Morgan fingerprint density at radius 2 is 2.33 bits per heavy atom. The molecule has 1 saturated carbocycles. The van der Waals surface area contributed by atoms with Crippen molar-refractivity contribution in [2.45, 2.75) is 51.5 Å². The van der Waals surface area contributed by atoms with Crippen LogP contribution in [0.2, 0.25) is 0 Å². The Morgan fingerprint density at radius 3 is 2.89 bits per heavy atom. The number of ether oxygens (including phenoxy) is 2. The molecule has 1 N–H and O–H groups in total. The fraction of sp³-hybridized carbons (Fsp3) is 0.769. The average Bonchev–Trinajstić information content (AvgIpc) is 2.76. The second-order valence-electron chi connectivity index (χ2n) is 4.96. The van der Waals surface area contributed by atoms with E-state index in [1.165, 1.54) is 0 Å². The molecule has 0 aliphatic heterocycles. The number of hydrogen-bond acceptors (Lipinski definition) is 4. The van der Waals surface area contributed by atoms with Crippen molar-refractivity contribution in [3.8, 4) is 0 Å². The van der Waals surface area contributed by atoms with Gasteiger partial charge in [0.15, 0.2) is 0 Å². The molecule has 0 spiro atoms. The van der Waals surface area contributed by atoms with Crippen LogP contribution in [-0.2, 0) is 9.47 Å². The topological polar surface area (TPSA) is 48.3 Å². The Balaban J connectivity index is 1.90. The van der Waals surface area contributed by atoms with Gasteiger partial charge in [-0.2, -0.15) is 5.10 Å². The molecule has 1 aromatic heterocycles. The summed E-state index contributed by atoms with van der Waals surface area (Å²) < 4.78 is 13.0. The quantitative estimate of drug-likeness (QED) is 0.843. The summed E-state index contributed by atoms with van der Waals surface area (Å²) >= 11 is 0. The molecule has 0 aromatic carbocycles. The molecule has 0 radical (unpaired) electrons. The minimum absolute atomic E-state index is 0.120. The molecule has 5 nitrogen and oxygen atoms in total. The summed E-state index contributed by atoms with van der Waals surface area (Å²) in [5.41, 5.74) is 0. The normalized spacial score (nSPS) is 27.3. The maximum atomic E-state index is 5.60. The van der Waals surface area contributed by atoms with Crippen LogP contribution in [0.1, 0.15) is 33.2 Å². The van der Waals surface area contributed by atoms with Crippen LogP contribution in [0.5, 0.6) is 0 Å². The van der Waals surface area contributed by atoms with Crippen molar-refractivity contribution in [3.05, 3.63) is 12.3 Å². The fourth-order valence-corrected chi connectivity index (χ4v) is 2.31. The molecule has 3 atom stereocenters. The van der Waals surface area contributed by atoms with E-state index in [0.29, 0.717) is 12.1 Å². The Labute approximate surface area is 108 Å². The van der Waals surface area contributed by atoms with Crippen molar-refractivity contribution in [3.63, 3.8) is 0 Å². The van der Waals surface area contributed by atoms with E-state index in [1.807, 2.05) is 23.9 Å². The smallest absolute Gasteiger partial charge is 0.148 e. The summed E-state index contributed by atoms with van der Waals surface area (Å²) in [6, 6.07) is 2.68. The molecule has 0 bridgehead atoms. The Hall–Kier alpha value is -1.07. The summed E-state index contributed by atoms with van der Waals surface area (Å²) in [5, 5.41) is 7.89. The van der Waals surface area contributed by atoms with Crippen LogP contribution in [0.15, 0.2) is 12.3 Å². The van der Waals surface area contributed by atoms with Gasteiger partial charge in [0, 0.05) is 32.0 Å². The van der Waals surface area contributed by atoms with Gasteiger partial charge in [-0.15, -0.1) is 0 Å². The molecule has 2 rings (SSSR count). The first-order valence-electron chi connectivity index (χ1n) is 6.61. The van der Waals surface area contributed by atoms with E-state index in [4.69, 9.17) is 9.47 Å². The van der Waals surface area contributed by atoms with Gasteiger partial charge in [-0.3, -0.25) is 4.68 Å². The molecule has 1 aliphatic rings. The van der Waals surface area contributed by atoms with Gasteiger partial charge in [0.1, 0.15) is 11.9 Å². The maximum absolute atomic E-state index is 5.60. The minimum Gasteiger partial charge on any atom is -0.377 e. The lowest BCUT2D eigenvalue weighted by atomic mass is 9.85. The van der Waals surface area contributed by atoms with Gasteiger partial charge in [-0.25, -0.2) is 0 Å². The third-order valence-corrected chi connectivity index (χ3v) is 3.37. The largest absolute Gasteiger partial charge is 0.377 e. The van der Waals surface area contributed by atoms with E-state index in [2.05, 4.69) is 24.3 Å². The van der Waals surface area contributed by atoms with E-state index >= 15 is 0 Å². The standard InChI is InChI=1S/C13H23N3O2/c1-5-18-11-8-10(13(11)17-4)14-12-6-7-16(15-12)9(2)3/h6-7,9-11,13H,5,8H2,1-4H3,(H,14,15). The molecule has 18 heavy (non-hydrogen) atoms. The monoisotopic (exact) mass is 253 g/mol. The number of anilines is 1. The summed E-state index contributed by atoms with van der Waals surface area (Å²) in [4.78, 5) is 0. The summed E-state index contributed by atoms with van der Waals surface area (Å²) in [6.45, 7) is 6.98. The molecule has 1 aliphatic carbocycles. The second-order valence-corrected chi connectivity index (χ2v) is 4.96. The van der Waals surface area contributed by atoms with Gasteiger partial charge in [0.05, 0.1) is 12.1 Å². The Morgan fingerprint density at radius 1 is 1.56 bits per heavy atom. The highest BCUT2D eigenvalue weighted by molar-refractivity contribution is 5.35. The van der Waals surface area contributed by atoms with E-state index in [-0.39, 0.29) is 12.2 Å². The van der Waals surface area contributed by atoms with Crippen LogP contribution in [-0.4, -0.2) is 41.7 Å². The van der Waals surface area contributed by atoms with Gasteiger partial charge < -0.3 is 14.8 Å². The zero-order valence-corrected chi connectivity index (χ0v) is 11.6. The first kappa shape index (κ1) is 13.4. The second kappa shape index (κ2) is 5.71. The van der Waals surface area contributed by atoms with Crippen molar-refractivity contribution in [1.29, 1.82) is 0 Å². The first-order valence-corrected chi connectivity index (χ1v) is 6.61.